The van der Waals surface area contributed by atoms with E-state index in [-0.39, 0.29) is 23.2 Å². The predicted molar refractivity (Wildman–Crippen MR) is 83.3 cm³/mol. The van der Waals surface area contributed by atoms with Crippen molar-refractivity contribution in [3.05, 3.63) is 35.9 Å². The van der Waals surface area contributed by atoms with Crippen LogP contribution in [0.3, 0.4) is 0 Å². The van der Waals surface area contributed by atoms with Crippen LogP contribution in [0.1, 0.15) is 22.7 Å². The number of pyridine rings is 1. The van der Waals surface area contributed by atoms with E-state index in [1.807, 2.05) is 0 Å². The number of carbonyl (C=O) groups excluding carboxylic acids is 1. The number of anilines is 2. The molecule has 1 atom stereocenters. The topological polar surface area (TPSA) is 114 Å². The molecule has 23 heavy (non-hydrogen) atoms. The molecule has 2 N–H and O–H groups in total. The summed E-state index contributed by atoms with van der Waals surface area (Å²) in [6, 6.07) is 4.64. The summed E-state index contributed by atoms with van der Waals surface area (Å²) in [4.78, 5) is 16.2. The van der Waals surface area contributed by atoms with E-state index in [0.29, 0.717) is 23.7 Å². The third kappa shape index (κ3) is 3.86. The zero-order valence-electron chi connectivity index (χ0n) is 12.4. The Kier molecular flexibility index (Phi) is 4.03. The van der Waals surface area contributed by atoms with Crippen molar-refractivity contribution in [1.29, 1.82) is 0 Å². The molecule has 0 radical (unpaired) electrons. The Hall–Kier alpha value is -2.42. The van der Waals surface area contributed by atoms with Crippen LogP contribution in [0.5, 0.6) is 0 Å². The molecule has 122 valence electrons. The maximum absolute atomic E-state index is 12.2. The van der Waals surface area contributed by atoms with E-state index in [4.69, 9.17) is 4.52 Å². The van der Waals surface area contributed by atoms with E-state index in [9.17, 15) is 13.2 Å². The lowest BCUT2D eigenvalue weighted by atomic mass is 10.2. The summed E-state index contributed by atoms with van der Waals surface area (Å²) in [5, 5.41) is 9.52. The Labute approximate surface area is 133 Å². The molecule has 0 aliphatic carbocycles. The van der Waals surface area contributed by atoms with Gasteiger partial charge in [0.15, 0.2) is 15.7 Å². The molecular weight excluding hydrogens is 320 g/mol. The summed E-state index contributed by atoms with van der Waals surface area (Å²) in [5.74, 6) is 0.892. The minimum atomic E-state index is -3.04. The maximum Gasteiger partial charge on any atom is 0.270 e. The van der Waals surface area contributed by atoms with Crippen LogP contribution in [-0.4, -0.2) is 42.0 Å². The number of nitrogens with one attached hydrogen (secondary N) is 2. The first-order valence-corrected chi connectivity index (χ1v) is 8.91. The van der Waals surface area contributed by atoms with Crippen LogP contribution >= 0.6 is 0 Å². The SMILES string of the molecule is Cc1cc(Nc2ccnc(C(=O)NC3CCS(=O)(=O)C3)c2)no1. The highest BCUT2D eigenvalue weighted by Gasteiger charge is 2.29. The second-order valence-corrected chi connectivity index (χ2v) is 7.68. The Balaban J connectivity index is 1.68. The second-order valence-electron chi connectivity index (χ2n) is 5.45. The number of sulfone groups is 1. The van der Waals surface area contributed by atoms with Gasteiger partial charge in [-0.3, -0.25) is 9.78 Å². The predicted octanol–water partition coefficient (Wildman–Crippen LogP) is 1.04. The van der Waals surface area contributed by atoms with E-state index < -0.39 is 15.7 Å². The first-order valence-electron chi connectivity index (χ1n) is 7.09. The van der Waals surface area contributed by atoms with Crippen molar-refractivity contribution >= 4 is 27.2 Å². The van der Waals surface area contributed by atoms with E-state index in [1.54, 1.807) is 25.1 Å². The van der Waals surface area contributed by atoms with Crippen molar-refractivity contribution in [1.82, 2.24) is 15.5 Å². The highest BCUT2D eigenvalue weighted by atomic mass is 32.2. The van der Waals surface area contributed by atoms with Crippen LogP contribution < -0.4 is 10.6 Å². The fraction of sp³-hybridized carbons (Fsp3) is 0.357. The molecule has 2 aromatic rings. The van der Waals surface area contributed by atoms with Crippen molar-refractivity contribution in [2.24, 2.45) is 0 Å². The van der Waals surface area contributed by atoms with Crippen LogP contribution in [0.4, 0.5) is 11.5 Å². The Morgan fingerprint density at radius 2 is 2.22 bits per heavy atom. The van der Waals surface area contributed by atoms with Gasteiger partial charge in [0.05, 0.1) is 11.5 Å². The average Bonchev–Trinajstić information content (AvgIpc) is 3.04. The zero-order valence-corrected chi connectivity index (χ0v) is 13.3. The minimum Gasteiger partial charge on any atom is -0.360 e. The fourth-order valence-electron chi connectivity index (χ4n) is 2.37. The van der Waals surface area contributed by atoms with Gasteiger partial charge in [-0.05, 0) is 25.5 Å². The van der Waals surface area contributed by atoms with Crippen LogP contribution in [0.15, 0.2) is 28.9 Å². The van der Waals surface area contributed by atoms with Gasteiger partial charge in [-0.1, -0.05) is 5.16 Å². The molecule has 8 nitrogen and oxygen atoms in total. The number of hydrogen-bond acceptors (Lipinski definition) is 7. The normalized spacial score (nSPS) is 19.4. The van der Waals surface area contributed by atoms with Gasteiger partial charge < -0.3 is 15.2 Å². The average molecular weight is 336 g/mol. The van der Waals surface area contributed by atoms with Gasteiger partial charge >= 0.3 is 0 Å². The molecule has 0 spiro atoms. The zero-order chi connectivity index (χ0) is 16.4. The van der Waals surface area contributed by atoms with Crippen LogP contribution in [0.25, 0.3) is 0 Å². The molecule has 1 saturated heterocycles. The molecule has 1 aliphatic heterocycles. The van der Waals surface area contributed by atoms with Gasteiger partial charge in [0.25, 0.3) is 5.91 Å². The van der Waals surface area contributed by atoms with Crippen molar-refractivity contribution in [3.8, 4) is 0 Å². The first-order chi connectivity index (χ1) is 10.9. The van der Waals surface area contributed by atoms with E-state index >= 15 is 0 Å². The molecule has 3 rings (SSSR count). The van der Waals surface area contributed by atoms with Crippen LogP contribution in [0, 0.1) is 6.92 Å². The summed E-state index contributed by atoms with van der Waals surface area (Å²) in [6.07, 6.45) is 1.93. The van der Waals surface area contributed by atoms with Crippen molar-refractivity contribution in [3.63, 3.8) is 0 Å². The van der Waals surface area contributed by atoms with Gasteiger partial charge in [-0.15, -0.1) is 0 Å². The molecule has 9 heteroatoms. The Bertz CT molecular complexity index is 831. The lowest BCUT2D eigenvalue weighted by Gasteiger charge is -2.11. The molecule has 3 heterocycles. The van der Waals surface area contributed by atoms with Crippen molar-refractivity contribution in [2.75, 3.05) is 16.8 Å². The van der Waals surface area contributed by atoms with Crippen molar-refractivity contribution < 1.29 is 17.7 Å². The number of hydrogen-bond donors (Lipinski definition) is 2. The summed E-state index contributed by atoms with van der Waals surface area (Å²) in [5.41, 5.74) is 0.844. The monoisotopic (exact) mass is 336 g/mol. The number of nitrogens with zero attached hydrogens (tertiary/aromatic N) is 2. The summed E-state index contributed by atoms with van der Waals surface area (Å²) in [7, 11) is -3.04. The number of aromatic nitrogens is 2. The number of rotatable bonds is 4. The minimum absolute atomic E-state index is 0.0190. The number of carbonyl (C=O) groups is 1. The third-order valence-electron chi connectivity index (χ3n) is 3.46. The first kappa shape index (κ1) is 15.5. The summed E-state index contributed by atoms with van der Waals surface area (Å²) < 4.78 is 27.8. The van der Waals surface area contributed by atoms with E-state index in [2.05, 4.69) is 20.8 Å². The fourth-order valence-corrected chi connectivity index (χ4v) is 4.05. The molecule has 1 fully saturated rings. The summed E-state index contributed by atoms with van der Waals surface area (Å²) in [6.45, 7) is 1.78. The standard InChI is InChI=1S/C14H16N4O4S/c1-9-6-13(18-22-9)16-10-2-4-15-12(7-10)14(19)17-11-3-5-23(20,21)8-11/h2,4,6-7,11H,3,5,8H2,1H3,(H,17,19)(H,15,16,18). The van der Waals surface area contributed by atoms with Crippen molar-refractivity contribution in [2.45, 2.75) is 19.4 Å². The van der Waals surface area contributed by atoms with E-state index in [0.717, 1.165) is 0 Å². The van der Waals surface area contributed by atoms with Crippen LogP contribution in [-0.2, 0) is 9.84 Å². The van der Waals surface area contributed by atoms with Gasteiger partial charge in [0.2, 0.25) is 0 Å². The number of amides is 1. The molecule has 1 aliphatic rings. The molecule has 1 amide bonds. The lowest BCUT2D eigenvalue weighted by molar-refractivity contribution is 0.0936. The van der Waals surface area contributed by atoms with E-state index in [1.165, 1.54) is 6.20 Å². The molecule has 0 saturated carbocycles. The quantitative estimate of drug-likeness (QED) is 0.857. The third-order valence-corrected chi connectivity index (χ3v) is 5.23. The maximum atomic E-state index is 12.2. The van der Waals surface area contributed by atoms with Gasteiger partial charge in [-0.25, -0.2) is 8.42 Å². The highest BCUT2D eigenvalue weighted by Crippen LogP contribution is 2.17. The Morgan fingerprint density at radius 3 is 2.87 bits per heavy atom. The van der Waals surface area contributed by atoms with Gasteiger partial charge in [0.1, 0.15) is 11.5 Å². The lowest BCUT2D eigenvalue weighted by Crippen LogP contribution is -2.36. The smallest absolute Gasteiger partial charge is 0.270 e. The summed E-state index contributed by atoms with van der Waals surface area (Å²) >= 11 is 0. The highest BCUT2D eigenvalue weighted by molar-refractivity contribution is 7.91. The Morgan fingerprint density at radius 1 is 1.39 bits per heavy atom. The van der Waals surface area contributed by atoms with Gasteiger partial charge in [-0.2, -0.15) is 0 Å². The molecular formula is C14H16N4O4S. The molecule has 0 bridgehead atoms. The molecule has 2 aromatic heterocycles. The largest absolute Gasteiger partial charge is 0.360 e. The second kappa shape index (κ2) is 5.99. The van der Waals surface area contributed by atoms with Crippen LogP contribution in [0.2, 0.25) is 0 Å². The molecule has 0 aromatic carbocycles. The number of aryl methyl sites for hydroxylation is 1. The van der Waals surface area contributed by atoms with Gasteiger partial charge in [0, 0.05) is 24.0 Å². The molecule has 1 unspecified atom stereocenters.